The molecule has 0 aliphatic rings. The Labute approximate surface area is 150 Å². The van der Waals surface area contributed by atoms with Crippen molar-refractivity contribution in [2.75, 3.05) is 11.9 Å². The van der Waals surface area contributed by atoms with Gasteiger partial charge in [-0.2, -0.15) is 5.10 Å². The van der Waals surface area contributed by atoms with Crippen molar-refractivity contribution in [2.45, 2.75) is 19.9 Å². The van der Waals surface area contributed by atoms with Crippen LogP contribution in [-0.4, -0.2) is 24.8 Å². The second kappa shape index (κ2) is 9.08. The molecule has 24 heavy (non-hydrogen) atoms. The van der Waals surface area contributed by atoms with Gasteiger partial charge in [-0.05, 0) is 55.8 Å². The predicted octanol–water partition coefficient (Wildman–Crippen LogP) is 3.80. The van der Waals surface area contributed by atoms with Crippen molar-refractivity contribution in [3.8, 4) is 5.75 Å². The molecular weight excluding hydrogens is 370 g/mol. The minimum Gasteiger partial charge on any atom is -0.494 e. The lowest BCUT2D eigenvalue weighted by atomic mass is 10.2. The Bertz CT molecular complexity index is 702. The second-order valence-corrected chi connectivity index (χ2v) is 6.03. The summed E-state index contributed by atoms with van der Waals surface area (Å²) in [6.45, 7) is 4.34. The number of hydrogen-bond donors (Lipinski definition) is 2. The fraction of sp³-hybridized carbons (Fsp3) is 0.222. The Morgan fingerprint density at radius 1 is 1.29 bits per heavy atom. The van der Waals surface area contributed by atoms with Crippen molar-refractivity contribution in [1.82, 2.24) is 5.43 Å². The third kappa shape index (κ3) is 5.70. The van der Waals surface area contributed by atoms with E-state index in [1.807, 2.05) is 55.5 Å². The molecule has 6 heteroatoms. The fourth-order valence-electron chi connectivity index (χ4n) is 1.98. The second-order valence-electron chi connectivity index (χ2n) is 5.11. The third-order valence-corrected chi connectivity index (χ3v) is 3.67. The molecule has 1 atom stereocenters. The number of carbonyl (C=O) groups is 1. The molecule has 2 N–H and O–H groups in total. The number of hydrazone groups is 1. The van der Waals surface area contributed by atoms with E-state index < -0.39 is 6.04 Å². The van der Waals surface area contributed by atoms with Gasteiger partial charge in [0.25, 0.3) is 5.91 Å². The number of ether oxygens (including phenoxy) is 1. The highest BCUT2D eigenvalue weighted by Crippen LogP contribution is 2.16. The predicted molar refractivity (Wildman–Crippen MR) is 101 cm³/mol. The van der Waals surface area contributed by atoms with Gasteiger partial charge in [0.05, 0.1) is 12.8 Å². The summed E-state index contributed by atoms with van der Waals surface area (Å²) in [6.07, 6.45) is 1.60. The van der Waals surface area contributed by atoms with E-state index in [2.05, 4.69) is 31.8 Å². The van der Waals surface area contributed by atoms with E-state index in [9.17, 15) is 4.79 Å². The molecule has 5 nitrogen and oxygen atoms in total. The van der Waals surface area contributed by atoms with Crippen LogP contribution in [0.2, 0.25) is 0 Å². The van der Waals surface area contributed by atoms with Gasteiger partial charge < -0.3 is 10.1 Å². The number of rotatable bonds is 7. The zero-order valence-corrected chi connectivity index (χ0v) is 15.2. The van der Waals surface area contributed by atoms with Gasteiger partial charge in [-0.25, -0.2) is 5.43 Å². The number of amides is 1. The molecule has 0 radical (unpaired) electrons. The van der Waals surface area contributed by atoms with Crippen molar-refractivity contribution in [2.24, 2.45) is 5.10 Å². The highest BCUT2D eigenvalue weighted by atomic mass is 79.9. The van der Waals surface area contributed by atoms with Gasteiger partial charge in [0.2, 0.25) is 0 Å². The maximum atomic E-state index is 12.1. The summed E-state index contributed by atoms with van der Waals surface area (Å²) in [5, 5.41) is 7.10. The topological polar surface area (TPSA) is 62.7 Å². The maximum absolute atomic E-state index is 12.1. The lowest BCUT2D eigenvalue weighted by Gasteiger charge is -2.14. The van der Waals surface area contributed by atoms with Gasteiger partial charge in [0.1, 0.15) is 11.8 Å². The quantitative estimate of drug-likeness (QED) is 0.559. The summed E-state index contributed by atoms with van der Waals surface area (Å²) in [6, 6.07) is 14.7. The molecule has 0 heterocycles. The molecule has 0 fully saturated rings. The average Bonchev–Trinajstić information content (AvgIpc) is 2.57. The van der Waals surface area contributed by atoms with Crippen LogP contribution < -0.4 is 15.5 Å². The maximum Gasteiger partial charge on any atom is 0.262 e. The number of nitrogens with zero attached hydrogens (tertiary/aromatic N) is 1. The number of halogens is 1. The van der Waals surface area contributed by atoms with Crippen LogP contribution in [-0.2, 0) is 4.79 Å². The van der Waals surface area contributed by atoms with Crippen LogP contribution in [0.4, 0.5) is 5.69 Å². The Balaban J connectivity index is 1.85. The Morgan fingerprint density at radius 3 is 2.71 bits per heavy atom. The van der Waals surface area contributed by atoms with E-state index >= 15 is 0 Å². The Hall–Kier alpha value is -2.34. The molecule has 126 valence electrons. The molecule has 1 amide bonds. The molecule has 0 aromatic heterocycles. The molecule has 0 bridgehead atoms. The summed E-state index contributed by atoms with van der Waals surface area (Å²) >= 11 is 3.39. The highest BCUT2D eigenvalue weighted by molar-refractivity contribution is 9.10. The largest absolute Gasteiger partial charge is 0.494 e. The lowest BCUT2D eigenvalue weighted by molar-refractivity contribution is -0.121. The molecular formula is C18H20BrN3O2. The molecule has 0 spiro atoms. The molecule has 2 rings (SSSR count). The zero-order valence-electron chi connectivity index (χ0n) is 13.6. The number of carbonyl (C=O) groups excluding carboxylic acids is 1. The first kappa shape index (κ1) is 18.0. The fourth-order valence-corrected chi connectivity index (χ4v) is 2.40. The van der Waals surface area contributed by atoms with E-state index in [-0.39, 0.29) is 5.91 Å². The molecule has 0 saturated heterocycles. The van der Waals surface area contributed by atoms with Crippen LogP contribution in [0.25, 0.3) is 0 Å². The van der Waals surface area contributed by atoms with E-state index in [1.54, 1.807) is 13.1 Å². The summed E-state index contributed by atoms with van der Waals surface area (Å²) in [5.74, 6) is 0.592. The van der Waals surface area contributed by atoms with Crippen molar-refractivity contribution in [3.05, 3.63) is 58.6 Å². The summed E-state index contributed by atoms with van der Waals surface area (Å²) in [5.41, 5.74) is 4.27. The summed E-state index contributed by atoms with van der Waals surface area (Å²) in [4.78, 5) is 12.1. The van der Waals surface area contributed by atoms with Gasteiger partial charge >= 0.3 is 0 Å². The zero-order chi connectivity index (χ0) is 17.4. The van der Waals surface area contributed by atoms with Gasteiger partial charge in [-0.15, -0.1) is 0 Å². The van der Waals surface area contributed by atoms with Crippen molar-refractivity contribution < 1.29 is 9.53 Å². The molecule has 0 unspecified atom stereocenters. The van der Waals surface area contributed by atoms with Crippen molar-refractivity contribution in [3.63, 3.8) is 0 Å². The first-order chi connectivity index (χ1) is 11.6. The van der Waals surface area contributed by atoms with Crippen LogP contribution in [0, 0.1) is 0 Å². The Morgan fingerprint density at radius 2 is 2.04 bits per heavy atom. The van der Waals surface area contributed by atoms with Crippen LogP contribution in [0.5, 0.6) is 5.75 Å². The van der Waals surface area contributed by atoms with Crippen LogP contribution >= 0.6 is 15.9 Å². The van der Waals surface area contributed by atoms with Gasteiger partial charge in [-0.3, -0.25) is 4.79 Å². The number of hydrogen-bond acceptors (Lipinski definition) is 4. The SMILES string of the molecule is CCOc1ccc(N[C@@H](C)C(=O)N/N=C\c2cccc(Br)c2)cc1. The first-order valence-corrected chi connectivity index (χ1v) is 8.45. The van der Waals surface area contributed by atoms with E-state index in [4.69, 9.17) is 4.74 Å². The number of benzene rings is 2. The van der Waals surface area contributed by atoms with Crippen molar-refractivity contribution >= 4 is 33.7 Å². The summed E-state index contributed by atoms with van der Waals surface area (Å²) < 4.78 is 6.35. The minimum absolute atomic E-state index is 0.213. The van der Waals surface area contributed by atoms with Gasteiger partial charge in [0, 0.05) is 10.2 Å². The summed E-state index contributed by atoms with van der Waals surface area (Å²) in [7, 11) is 0. The Kier molecular flexibility index (Phi) is 6.81. The standard InChI is InChI=1S/C18H20BrN3O2/c1-3-24-17-9-7-16(8-10-17)21-13(2)18(23)22-20-12-14-5-4-6-15(19)11-14/h4-13,21H,3H2,1-2H3,(H,22,23)/b20-12-/t13-/m0/s1. The lowest BCUT2D eigenvalue weighted by Crippen LogP contribution is -2.34. The minimum atomic E-state index is -0.414. The van der Waals surface area contributed by atoms with Crippen molar-refractivity contribution in [1.29, 1.82) is 0 Å². The molecule has 0 aliphatic heterocycles. The van der Waals surface area contributed by atoms with Crippen LogP contribution in [0.1, 0.15) is 19.4 Å². The average molecular weight is 390 g/mol. The molecule has 2 aromatic carbocycles. The third-order valence-electron chi connectivity index (χ3n) is 3.18. The molecule has 0 saturated carbocycles. The smallest absolute Gasteiger partial charge is 0.262 e. The monoisotopic (exact) mass is 389 g/mol. The van der Waals surface area contributed by atoms with Gasteiger partial charge in [0.15, 0.2) is 0 Å². The normalized spacial score (nSPS) is 12.0. The van der Waals surface area contributed by atoms with E-state index in [0.29, 0.717) is 6.61 Å². The highest BCUT2D eigenvalue weighted by Gasteiger charge is 2.11. The molecule has 0 aliphatic carbocycles. The van der Waals surface area contributed by atoms with Crippen LogP contribution in [0.15, 0.2) is 58.1 Å². The number of anilines is 1. The van der Waals surface area contributed by atoms with Crippen LogP contribution in [0.3, 0.4) is 0 Å². The van der Waals surface area contributed by atoms with E-state index in [0.717, 1.165) is 21.5 Å². The molecule has 2 aromatic rings. The van der Waals surface area contributed by atoms with E-state index in [1.165, 1.54) is 0 Å². The number of nitrogens with one attached hydrogen (secondary N) is 2. The first-order valence-electron chi connectivity index (χ1n) is 7.66. The van der Waals surface area contributed by atoms with Gasteiger partial charge in [-0.1, -0.05) is 28.1 Å².